The Kier molecular flexibility index (Phi) is 2.87. The maximum Gasteiger partial charge on any atom is 0.274 e. The molecule has 3 heterocycles. The van der Waals surface area contributed by atoms with Crippen molar-refractivity contribution in [3.63, 3.8) is 0 Å². The number of nitrogens with one attached hydrogen (secondary N) is 1. The number of rotatable bonds is 2. The maximum absolute atomic E-state index is 10.8. The summed E-state index contributed by atoms with van der Waals surface area (Å²) in [6.45, 7) is 2.93. The van der Waals surface area contributed by atoms with Gasteiger partial charge >= 0.3 is 0 Å². The van der Waals surface area contributed by atoms with Crippen LogP contribution in [0.3, 0.4) is 0 Å². The largest absolute Gasteiger partial charge is 0.354 e. The van der Waals surface area contributed by atoms with Gasteiger partial charge in [-0.3, -0.25) is 10.1 Å². The van der Waals surface area contributed by atoms with Gasteiger partial charge in [-0.25, -0.2) is 4.98 Å². The summed E-state index contributed by atoms with van der Waals surface area (Å²) in [4.78, 5) is 16.8. The second kappa shape index (κ2) is 4.53. The molecule has 3 rings (SSSR count). The van der Waals surface area contributed by atoms with Crippen molar-refractivity contribution >= 4 is 11.5 Å². The van der Waals surface area contributed by atoms with Crippen LogP contribution in [0.25, 0.3) is 0 Å². The van der Waals surface area contributed by atoms with Crippen molar-refractivity contribution in [2.24, 2.45) is 5.92 Å². The molecule has 2 aliphatic heterocycles. The number of nitro groups is 1. The molecule has 18 heavy (non-hydrogen) atoms. The summed E-state index contributed by atoms with van der Waals surface area (Å²) in [7, 11) is 0. The molecule has 0 aliphatic carbocycles. The number of hydrogen-bond donors (Lipinski definition) is 1. The van der Waals surface area contributed by atoms with Gasteiger partial charge in [-0.2, -0.15) is 0 Å². The molecule has 6 heteroatoms. The predicted octanol–water partition coefficient (Wildman–Crippen LogP) is 1.18. The highest BCUT2D eigenvalue weighted by atomic mass is 16.6. The fraction of sp³-hybridized carbons (Fsp3) is 0.583. The third kappa shape index (κ3) is 2.03. The second-order valence-corrected chi connectivity index (χ2v) is 5.00. The fourth-order valence-corrected chi connectivity index (χ4v) is 2.93. The van der Waals surface area contributed by atoms with E-state index in [0.29, 0.717) is 12.0 Å². The lowest BCUT2D eigenvalue weighted by Crippen LogP contribution is -2.40. The molecule has 1 aromatic rings. The van der Waals surface area contributed by atoms with E-state index >= 15 is 0 Å². The predicted molar refractivity (Wildman–Crippen MR) is 67.6 cm³/mol. The van der Waals surface area contributed by atoms with Gasteiger partial charge in [0.25, 0.3) is 5.69 Å². The van der Waals surface area contributed by atoms with E-state index in [-0.39, 0.29) is 10.6 Å². The molecule has 96 valence electrons. The number of hydrogen-bond acceptors (Lipinski definition) is 5. The van der Waals surface area contributed by atoms with Gasteiger partial charge < -0.3 is 10.2 Å². The highest BCUT2D eigenvalue weighted by molar-refractivity contribution is 5.48. The Morgan fingerprint density at radius 3 is 3.17 bits per heavy atom. The highest BCUT2D eigenvalue weighted by Gasteiger charge is 2.35. The number of pyridine rings is 1. The van der Waals surface area contributed by atoms with Crippen LogP contribution in [0.1, 0.15) is 12.8 Å². The van der Waals surface area contributed by atoms with Crippen LogP contribution < -0.4 is 10.2 Å². The molecule has 1 aromatic heterocycles. The molecule has 0 amide bonds. The molecule has 0 bridgehead atoms. The first kappa shape index (κ1) is 11.4. The molecule has 2 aliphatic rings. The van der Waals surface area contributed by atoms with E-state index in [1.54, 1.807) is 6.07 Å². The molecular formula is C12H16N4O2. The van der Waals surface area contributed by atoms with Gasteiger partial charge in [0.2, 0.25) is 0 Å². The van der Waals surface area contributed by atoms with Crippen molar-refractivity contribution in [3.8, 4) is 0 Å². The van der Waals surface area contributed by atoms with Crippen LogP contribution in [0, 0.1) is 16.0 Å². The number of piperidine rings is 1. The van der Waals surface area contributed by atoms with E-state index in [9.17, 15) is 10.1 Å². The minimum Gasteiger partial charge on any atom is -0.354 e. The van der Waals surface area contributed by atoms with Crippen molar-refractivity contribution in [1.82, 2.24) is 10.3 Å². The van der Waals surface area contributed by atoms with Crippen molar-refractivity contribution in [1.29, 1.82) is 0 Å². The second-order valence-electron chi connectivity index (χ2n) is 5.00. The zero-order valence-electron chi connectivity index (χ0n) is 10.1. The zero-order chi connectivity index (χ0) is 12.5. The quantitative estimate of drug-likeness (QED) is 0.628. The summed E-state index contributed by atoms with van der Waals surface area (Å²) >= 11 is 0. The van der Waals surface area contributed by atoms with Crippen molar-refractivity contribution in [2.45, 2.75) is 18.9 Å². The van der Waals surface area contributed by atoms with Gasteiger partial charge in [-0.1, -0.05) is 0 Å². The number of anilines is 1. The van der Waals surface area contributed by atoms with Gasteiger partial charge in [0.05, 0.1) is 11.0 Å². The summed E-state index contributed by atoms with van der Waals surface area (Å²) in [5.74, 6) is 1.38. The molecular weight excluding hydrogens is 232 g/mol. The first-order chi connectivity index (χ1) is 8.74. The monoisotopic (exact) mass is 248 g/mol. The average Bonchev–Trinajstić information content (AvgIpc) is 2.82. The Bertz CT molecular complexity index is 451. The maximum atomic E-state index is 10.8. The van der Waals surface area contributed by atoms with E-state index in [1.807, 2.05) is 0 Å². The zero-order valence-corrected chi connectivity index (χ0v) is 10.1. The molecule has 0 saturated carbocycles. The Labute approximate surface area is 105 Å². The van der Waals surface area contributed by atoms with E-state index < -0.39 is 0 Å². The summed E-state index contributed by atoms with van der Waals surface area (Å²) in [6.07, 6.45) is 3.98. The van der Waals surface area contributed by atoms with Crippen LogP contribution >= 0.6 is 0 Å². The normalized spacial score (nSPS) is 27.0. The third-order valence-corrected chi connectivity index (χ3v) is 3.86. The van der Waals surface area contributed by atoms with Gasteiger partial charge in [-0.05, 0) is 25.3 Å². The Hall–Kier alpha value is -1.69. The standard InChI is InChI=1S/C12H16N4O2/c17-16(18)10-3-5-14-12(6-10)15-7-9-2-1-4-13-11(9)8-15/h3,5-6,9,11,13H,1-2,4,7-8H2/t9-,11+/m0/s1. The Balaban J connectivity index is 1.79. The topological polar surface area (TPSA) is 71.3 Å². The van der Waals surface area contributed by atoms with E-state index in [0.717, 1.165) is 25.5 Å². The number of nitrogens with zero attached hydrogens (tertiary/aromatic N) is 3. The first-order valence-corrected chi connectivity index (χ1v) is 6.33. The fourth-order valence-electron chi connectivity index (χ4n) is 2.93. The summed E-state index contributed by atoms with van der Waals surface area (Å²) in [5, 5.41) is 14.3. The van der Waals surface area contributed by atoms with Gasteiger partial charge in [0.15, 0.2) is 0 Å². The first-order valence-electron chi connectivity index (χ1n) is 6.33. The molecule has 1 N–H and O–H groups in total. The molecule has 2 saturated heterocycles. The summed E-state index contributed by atoms with van der Waals surface area (Å²) < 4.78 is 0. The van der Waals surface area contributed by atoms with Crippen LogP contribution in [0.5, 0.6) is 0 Å². The highest BCUT2D eigenvalue weighted by Crippen LogP contribution is 2.29. The number of aromatic nitrogens is 1. The van der Waals surface area contributed by atoms with Crippen LogP contribution in [-0.2, 0) is 0 Å². The lowest BCUT2D eigenvalue weighted by molar-refractivity contribution is -0.384. The molecule has 2 fully saturated rings. The summed E-state index contributed by atoms with van der Waals surface area (Å²) in [6, 6.07) is 3.52. The van der Waals surface area contributed by atoms with Gasteiger partial charge in [-0.15, -0.1) is 0 Å². The van der Waals surface area contributed by atoms with Crippen molar-refractivity contribution in [2.75, 3.05) is 24.5 Å². The Morgan fingerprint density at radius 1 is 1.50 bits per heavy atom. The average molecular weight is 248 g/mol. The summed E-state index contributed by atoms with van der Waals surface area (Å²) in [5.41, 5.74) is 0.114. The SMILES string of the molecule is O=[N+]([O-])c1ccnc(N2C[C@@H]3CCCN[C@@H]3C2)c1. The van der Waals surface area contributed by atoms with Crippen molar-refractivity contribution < 1.29 is 4.92 Å². The minimum atomic E-state index is -0.368. The van der Waals surface area contributed by atoms with Gasteiger partial charge in [0.1, 0.15) is 5.82 Å². The van der Waals surface area contributed by atoms with Gasteiger partial charge in [0, 0.05) is 31.4 Å². The van der Waals surface area contributed by atoms with Crippen LogP contribution in [0.15, 0.2) is 18.3 Å². The third-order valence-electron chi connectivity index (χ3n) is 3.86. The Morgan fingerprint density at radius 2 is 2.39 bits per heavy atom. The van der Waals surface area contributed by atoms with Crippen LogP contribution in [0.4, 0.5) is 11.5 Å². The van der Waals surface area contributed by atoms with E-state index in [4.69, 9.17) is 0 Å². The molecule has 2 atom stereocenters. The molecule has 0 unspecified atom stereocenters. The molecule has 6 nitrogen and oxygen atoms in total. The molecule has 0 radical (unpaired) electrons. The minimum absolute atomic E-state index is 0.114. The molecule has 0 spiro atoms. The van der Waals surface area contributed by atoms with E-state index in [1.165, 1.54) is 25.1 Å². The van der Waals surface area contributed by atoms with E-state index in [2.05, 4.69) is 15.2 Å². The smallest absolute Gasteiger partial charge is 0.274 e. The lowest BCUT2D eigenvalue weighted by Gasteiger charge is -2.24. The van der Waals surface area contributed by atoms with Crippen LogP contribution in [-0.4, -0.2) is 35.6 Å². The lowest BCUT2D eigenvalue weighted by atomic mass is 9.94. The van der Waals surface area contributed by atoms with Crippen LogP contribution in [0.2, 0.25) is 0 Å². The van der Waals surface area contributed by atoms with Crippen molar-refractivity contribution in [3.05, 3.63) is 28.4 Å². The number of fused-ring (bicyclic) bond motifs is 1. The molecule has 0 aromatic carbocycles.